The average molecular weight is 302 g/mol. The van der Waals surface area contributed by atoms with Gasteiger partial charge in [0, 0.05) is 25.2 Å². The highest BCUT2D eigenvalue weighted by Gasteiger charge is 2.19. The molecule has 112 valence electrons. The highest BCUT2D eigenvalue weighted by atomic mass is 32.2. The molecule has 0 aliphatic carbocycles. The molecule has 3 rings (SSSR count). The number of aryl methyl sites for hydroxylation is 1. The van der Waals surface area contributed by atoms with Crippen molar-refractivity contribution < 1.29 is 0 Å². The van der Waals surface area contributed by atoms with E-state index in [1.807, 2.05) is 37.0 Å². The zero-order valence-electron chi connectivity index (χ0n) is 12.7. The normalized spacial score (nSPS) is 16.7. The molecule has 1 fully saturated rings. The lowest BCUT2D eigenvalue weighted by Crippen LogP contribution is -2.36. The van der Waals surface area contributed by atoms with Gasteiger partial charge in [0.2, 0.25) is 0 Å². The van der Waals surface area contributed by atoms with Gasteiger partial charge in [-0.25, -0.2) is 0 Å². The maximum Gasteiger partial charge on any atom is 0.255 e. The number of para-hydroxylation sites is 1. The van der Waals surface area contributed by atoms with Crippen molar-refractivity contribution in [1.82, 2.24) is 9.47 Å². The van der Waals surface area contributed by atoms with E-state index in [0.29, 0.717) is 6.04 Å². The first-order chi connectivity index (χ1) is 10.2. The zero-order valence-corrected chi connectivity index (χ0v) is 13.5. The molecule has 0 radical (unpaired) electrons. The fraction of sp³-hybridized carbons (Fsp3) is 0.471. The summed E-state index contributed by atoms with van der Waals surface area (Å²) in [4.78, 5) is 14.9. The lowest BCUT2D eigenvalue weighted by atomic mass is 10.1. The van der Waals surface area contributed by atoms with E-state index in [9.17, 15) is 4.79 Å². The molecule has 1 aromatic carbocycles. The van der Waals surface area contributed by atoms with Crippen LogP contribution in [0.2, 0.25) is 0 Å². The van der Waals surface area contributed by atoms with Crippen LogP contribution in [-0.4, -0.2) is 34.1 Å². The van der Waals surface area contributed by atoms with Gasteiger partial charge in [0.15, 0.2) is 0 Å². The molecule has 4 heteroatoms. The maximum absolute atomic E-state index is 12.5. The van der Waals surface area contributed by atoms with Crippen LogP contribution < -0.4 is 5.56 Å². The standard InChI is InChI=1S/C17H22N2OS/c1-18(15-7-9-21-10-8-15)12-14-11-13-5-3-4-6-16(13)19(2)17(14)20/h3-6,11,15H,7-10,12H2,1-2H3. The number of rotatable bonds is 3. The van der Waals surface area contributed by atoms with Crippen LogP contribution in [-0.2, 0) is 13.6 Å². The zero-order chi connectivity index (χ0) is 14.8. The van der Waals surface area contributed by atoms with Gasteiger partial charge in [-0.3, -0.25) is 9.69 Å². The minimum atomic E-state index is 0.130. The van der Waals surface area contributed by atoms with Gasteiger partial charge in [0.1, 0.15) is 0 Å². The number of nitrogens with zero attached hydrogens (tertiary/aromatic N) is 2. The maximum atomic E-state index is 12.5. The van der Waals surface area contributed by atoms with Crippen molar-refractivity contribution in [3.05, 3.63) is 46.2 Å². The smallest absolute Gasteiger partial charge is 0.255 e. The van der Waals surface area contributed by atoms with Crippen molar-refractivity contribution in [1.29, 1.82) is 0 Å². The molecule has 0 saturated carbocycles. The summed E-state index contributed by atoms with van der Waals surface area (Å²) in [7, 11) is 4.01. The van der Waals surface area contributed by atoms with E-state index >= 15 is 0 Å². The number of aromatic nitrogens is 1. The predicted octanol–water partition coefficient (Wildman–Crippen LogP) is 2.87. The molecule has 2 heterocycles. The Balaban J connectivity index is 1.89. The van der Waals surface area contributed by atoms with Crippen molar-refractivity contribution in [2.24, 2.45) is 7.05 Å². The molecule has 0 atom stereocenters. The monoisotopic (exact) mass is 302 g/mol. The largest absolute Gasteiger partial charge is 0.311 e. The molecule has 0 unspecified atom stereocenters. The van der Waals surface area contributed by atoms with Crippen molar-refractivity contribution in [3.8, 4) is 0 Å². The third-order valence-electron chi connectivity index (χ3n) is 4.44. The Morgan fingerprint density at radius 1 is 1.29 bits per heavy atom. The van der Waals surface area contributed by atoms with Crippen LogP contribution >= 0.6 is 11.8 Å². The number of fused-ring (bicyclic) bond motifs is 1. The van der Waals surface area contributed by atoms with E-state index in [-0.39, 0.29) is 5.56 Å². The van der Waals surface area contributed by atoms with Gasteiger partial charge in [-0.2, -0.15) is 11.8 Å². The summed E-state index contributed by atoms with van der Waals surface area (Å²) in [6, 6.07) is 10.8. The lowest BCUT2D eigenvalue weighted by Gasteiger charge is -2.30. The number of hydrogen-bond donors (Lipinski definition) is 0. The SMILES string of the molecule is CN(Cc1cc2ccccc2n(C)c1=O)C1CCSCC1. The van der Waals surface area contributed by atoms with Crippen molar-refractivity contribution in [2.45, 2.75) is 25.4 Å². The van der Waals surface area contributed by atoms with Crippen LogP contribution in [0.4, 0.5) is 0 Å². The van der Waals surface area contributed by atoms with Crippen molar-refractivity contribution >= 4 is 22.7 Å². The Hall–Kier alpha value is -1.26. The van der Waals surface area contributed by atoms with Gasteiger partial charge < -0.3 is 4.57 Å². The van der Waals surface area contributed by atoms with Gasteiger partial charge in [-0.15, -0.1) is 0 Å². The van der Waals surface area contributed by atoms with Crippen LogP contribution in [0, 0.1) is 0 Å². The summed E-state index contributed by atoms with van der Waals surface area (Å²) in [6.07, 6.45) is 2.46. The van der Waals surface area contributed by atoms with Crippen molar-refractivity contribution in [3.63, 3.8) is 0 Å². The van der Waals surface area contributed by atoms with Crippen LogP contribution in [0.1, 0.15) is 18.4 Å². The Bertz CT molecular complexity index is 689. The molecule has 1 aliphatic rings. The summed E-state index contributed by atoms with van der Waals surface area (Å²) in [5.41, 5.74) is 2.03. The minimum Gasteiger partial charge on any atom is -0.311 e. The summed E-state index contributed by atoms with van der Waals surface area (Å²) in [5, 5.41) is 1.14. The second-order valence-corrected chi connectivity index (χ2v) is 7.08. The van der Waals surface area contributed by atoms with E-state index < -0.39 is 0 Å². The van der Waals surface area contributed by atoms with E-state index in [4.69, 9.17) is 0 Å². The molecule has 3 nitrogen and oxygen atoms in total. The first-order valence-corrected chi connectivity index (χ1v) is 8.68. The summed E-state index contributed by atoms with van der Waals surface area (Å²) >= 11 is 2.04. The molecule has 2 aromatic rings. The summed E-state index contributed by atoms with van der Waals surface area (Å²) in [5.74, 6) is 2.48. The first-order valence-electron chi connectivity index (χ1n) is 7.52. The van der Waals surface area contributed by atoms with Gasteiger partial charge >= 0.3 is 0 Å². The molecule has 0 bridgehead atoms. The second kappa shape index (κ2) is 6.24. The first kappa shape index (κ1) is 14.7. The number of thioether (sulfide) groups is 1. The predicted molar refractivity (Wildman–Crippen MR) is 91.0 cm³/mol. The van der Waals surface area contributed by atoms with E-state index in [1.54, 1.807) is 4.57 Å². The lowest BCUT2D eigenvalue weighted by molar-refractivity contribution is 0.220. The third-order valence-corrected chi connectivity index (χ3v) is 5.49. The van der Waals surface area contributed by atoms with E-state index in [2.05, 4.69) is 24.1 Å². The highest BCUT2D eigenvalue weighted by molar-refractivity contribution is 7.99. The molecule has 0 spiro atoms. The molecule has 1 saturated heterocycles. The van der Waals surface area contributed by atoms with Crippen LogP contribution in [0.3, 0.4) is 0 Å². The van der Waals surface area contributed by atoms with Gasteiger partial charge in [0.25, 0.3) is 5.56 Å². The Kier molecular flexibility index (Phi) is 4.36. The molecule has 1 aromatic heterocycles. The number of benzene rings is 1. The number of hydrogen-bond acceptors (Lipinski definition) is 3. The Morgan fingerprint density at radius 3 is 2.76 bits per heavy atom. The summed E-state index contributed by atoms with van der Waals surface area (Å²) in [6.45, 7) is 0.743. The second-order valence-electron chi connectivity index (χ2n) is 5.85. The van der Waals surface area contributed by atoms with Gasteiger partial charge in [-0.05, 0) is 48.9 Å². The molecular formula is C17H22N2OS. The van der Waals surface area contributed by atoms with E-state index in [1.165, 1.54) is 24.3 Å². The van der Waals surface area contributed by atoms with Crippen LogP contribution in [0.15, 0.2) is 35.1 Å². The molecule has 0 amide bonds. The topological polar surface area (TPSA) is 25.2 Å². The molecule has 0 N–H and O–H groups in total. The molecular weight excluding hydrogens is 280 g/mol. The van der Waals surface area contributed by atoms with E-state index in [0.717, 1.165) is 23.0 Å². The molecule has 21 heavy (non-hydrogen) atoms. The molecule has 1 aliphatic heterocycles. The quantitative estimate of drug-likeness (QED) is 0.872. The van der Waals surface area contributed by atoms with Gasteiger partial charge in [0.05, 0.1) is 5.52 Å². The van der Waals surface area contributed by atoms with Crippen LogP contribution in [0.25, 0.3) is 10.9 Å². The highest BCUT2D eigenvalue weighted by Crippen LogP contribution is 2.22. The third kappa shape index (κ3) is 3.01. The number of pyridine rings is 1. The average Bonchev–Trinajstić information content (AvgIpc) is 2.53. The Morgan fingerprint density at radius 2 is 2.00 bits per heavy atom. The Labute approximate surface area is 130 Å². The minimum absolute atomic E-state index is 0.130. The van der Waals surface area contributed by atoms with Crippen molar-refractivity contribution in [2.75, 3.05) is 18.6 Å². The van der Waals surface area contributed by atoms with Crippen LogP contribution in [0.5, 0.6) is 0 Å². The van der Waals surface area contributed by atoms with Gasteiger partial charge in [-0.1, -0.05) is 18.2 Å². The fourth-order valence-corrected chi connectivity index (χ4v) is 4.21. The fourth-order valence-electron chi connectivity index (χ4n) is 3.13. The summed E-state index contributed by atoms with van der Waals surface area (Å²) < 4.78 is 1.77.